The van der Waals surface area contributed by atoms with Crippen molar-refractivity contribution >= 4 is 27.1 Å². The summed E-state index contributed by atoms with van der Waals surface area (Å²) in [6.07, 6.45) is -3.87. The minimum Gasteiger partial charge on any atom is -0.378 e. The van der Waals surface area contributed by atoms with Crippen molar-refractivity contribution in [3.63, 3.8) is 0 Å². The molecule has 0 radical (unpaired) electrons. The first-order valence-corrected chi connectivity index (χ1v) is 12.9. The number of ether oxygens (including phenoxy) is 1. The Morgan fingerprint density at radius 3 is 2.39 bits per heavy atom. The average Bonchev–Trinajstić information content (AvgIpc) is 3.14. The van der Waals surface area contributed by atoms with Gasteiger partial charge in [-0.1, -0.05) is 0 Å². The van der Waals surface area contributed by atoms with Crippen LogP contribution in [0.4, 0.5) is 24.5 Å². The number of piperazine rings is 1. The Bertz CT molecular complexity index is 959. The minimum absolute atomic E-state index is 0.0344. The highest BCUT2D eigenvalue weighted by atomic mass is 32.2. The first-order valence-electron chi connectivity index (χ1n) is 11.1. The van der Waals surface area contributed by atoms with Crippen LogP contribution in [0.15, 0.2) is 18.2 Å². The molecule has 33 heavy (non-hydrogen) atoms. The van der Waals surface area contributed by atoms with E-state index >= 15 is 0 Å². The number of anilines is 2. The Labute approximate surface area is 191 Å². The fourth-order valence-electron chi connectivity index (χ4n) is 4.64. The Balaban J connectivity index is 1.37. The van der Waals surface area contributed by atoms with Gasteiger partial charge in [-0.3, -0.25) is 14.6 Å². The predicted molar refractivity (Wildman–Crippen MR) is 118 cm³/mol. The van der Waals surface area contributed by atoms with E-state index < -0.39 is 21.6 Å². The van der Waals surface area contributed by atoms with Crippen molar-refractivity contribution < 1.29 is 31.1 Å². The van der Waals surface area contributed by atoms with Crippen LogP contribution >= 0.6 is 0 Å². The van der Waals surface area contributed by atoms with Gasteiger partial charge in [-0.2, -0.15) is 13.2 Å². The zero-order valence-electron chi connectivity index (χ0n) is 18.3. The molecule has 1 aromatic rings. The highest BCUT2D eigenvalue weighted by molar-refractivity contribution is 7.91. The maximum Gasteiger partial charge on any atom is 0.416 e. The van der Waals surface area contributed by atoms with Gasteiger partial charge >= 0.3 is 6.18 Å². The van der Waals surface area contributed by atoms with Crippen LogP contribution in [0.3, 0.4) is 0 Å². The molecule has 3 heterocycles. The number of carbonyl (C=O) groups excluding carboxylic acids is 1. The number of amides is 1. The lowest BCUT2D eigenvalue weighted by Crippen LogP contribution is -2.52. The normalized spacial score (nSPS) is 24.7. The van der Waals surface area contributed by atoms with E-state index in [0.717, 1.165) is 12.1 Å². The summed E-state index contributed by atoms with van der Waals surface area (Å²) in [7, 11) is -2.95. The van der Waals surface area contributed by atoms with Gasteiger partial charge in [0.05, 0.1) is 48.2 Å². The van der Waals surface area contributed by atoms with E-state index in [4.69, 9.17) is 4.74 Å². The van der Waals surface area contributed by atoms with E-state index in [9.17, 15) is 26.4 Å². The van der Waals surface area contributed by atoms with Gasteiger partial charge in [0.15, 0.2) is 9.84 Å². The number of hydrogen-bond acceptors (Lipinski definition) is 7. The number of halogens is 3. The number of morpholine rings is 1. The van der Waals surface area contributed by atoms with Crippen molar-refractivity contribution in [1.29, 1.82) is 0 Å². The smallest absolute Gasteiger partial charge is 0.378 e. The van der Waals surface area contributed by atoms with Gasteiger partial charge in [0.1, 0.15) is 0 Å². The first kappa shape index (κ1) is 24.2. The number of rotatable bonds is 5. The molecule has 0 aromatic heterocycles. The van der Waals surface area contributed by atoms with E-state index in [-0.39, 0.29) is 35.7 Å². The second kappa shape index (κ2) is 9.77. The van der Waals surface area contributed by atoms with Gasteiger partial charge in [-0.15, -0.1) is 0 Å². The lowest BCUT2D eigenvalue weighted by Gasteiger charge is -2.37. The van der Waals surface area contributed by atoms with Crippen molar-refractivity contribution in [3.05, 3.63) is 23.8 Å². The number of nitrogens with one attached hydrogen (secondary N) is 1. The molecular formula is C21H29F3N4O4S. The van der Waals surface area contributed by atoms with E-state index in [1.807, 2.05) is 9.80 Å². The van der Waals surface area contributed by atoms with E-state index in [0.29, 0.717) is 64.6 Å². The summed E-state index contributed by atoms with van der Waals surface area (Å²) in [6.45, 7) is 4.61. The molecule has 1 aromatic carbocycles. The second-order valence-corrected chi connectivity index (χ2v) is 11.0. The maximum absolute atomic E-state index is 13.3. The molecule has 3 aliphatic rings. The summed E-state index contributed by atoms with van der Waals surface area (Å²) >= 11 is 0. The summed E-state index contributed by atoms with van der Waals surface area (Å²) in [6, 6.07) is 3.45. The zero-order chi connectivity index (χ0) is 23.6. The van der Waals surface area contributed by atoms with E-state index in [1.54, 1.807) is 0 Å². The number of benzene rings is 1. The van der Waals surface area contributed by atoms with Crippen LogP contribution in [0, 0.1) is 0 Å². The molecule has 12 heteroatoms. The van der Waals surface area contributed by atoms with Gasteiger partial charge in [-0.25, -0.2) is 8.42 Å². The monoisotopic (exact) mass is 490 g/mol. The molecule has 0 saturated carbocycles. The van der Waals surface area contributed by atoms with Crippen LogP contribution in [0.25, 0.3) is 0 Å². The number of carbonyl (C=O) groups is 1. The summed E-state index contributed by atoms with van der Waals surface area (Å²) in [5.41, 5.74) is -0.117. The van der Waals surface area contributed by atoms with Crippen LogP contribution < -0.4 is 10.2 Å². The minimum atomic E-state index is -4.51. The lowest BCUT2D eigenvalue weighted by molar-refractivity contribution is -0.137. The average molecular weight is 491 g/mol. The Morgan fingerprint density at radius 1 is 1.09 bits per heavy atom. The van der Waals surface area contributed by atoms with Crippen molar-refractivity contribution in [2.24, 2.45) is 0 Å². The molecule has 1 unspecified atom stereocenters. The molecule has 8 nitrogen and oxygen atoms in total. The van der Waals surface area contributed by atoms with Crippen molar-refractivity contribution in [3.8, 4) is 0 Å². The summed E-state index contributed by atoms with van der Waals surface area (Å²) < 4.78 is 68.6. The van der Waals surface area contributed by atoms with Gasteiger partial charge < -0.3 is 15.0 Å². The first-order chi connectivity index (χ1) is 15.6. The molecule has 0 bridgehead atoms. The highest BCUT2D eigenvalue weighted by Gasteiger charge is 2.34. The second-order valence-electron chi connectivity index (χ2n) is 8.75. The van der Waals surface area contributed by atoms with Crippen LogP contribution in [0.1, 0.15) is 12.0 Å². The van der Waals surface area contributed by atoms with Crippen LogP contribution in [0.2, 0.25) is 0 Å². The molecular weight excluding hydrogens is 461 g/mol. The molecule has 3 aliphatic heterocycles. The van der Waals surface area contributed by atoms with Gasteiger partial charge in [-0.05, 0) is 24.6 Å². The lowest BCUT2D eigenvalue weighted by atomic mass is 10.1. The third kappa shape index (κ3) is 6.17. The Hall–Kier alpha value is -1.89. The van der Waals surface area contributed by atoms with Crippen molar-refractivity contribution in [2.45, 2.75) is 18.6 Å². The quantitative estimate of drug-likeness (QED) is 0.666. The fraction of sp³-hybridized carbons (Fsp3) is 0.667. The van der Waals surface area contributed by atoms with Crippen LogP contribution in [-0.2, 0) is 25.5 Å². The highest BCUT2D eigenvalue weighted by Crippen LogP contribution is 2.35. The molecule has 4 rings (SSSR count). The molecule has 1 amide bonds. The van der Waals surface area contributed by atoms with Gasteiger partial charge in [0.25, 0.3) is 0 Å². The zero-order valence-corrected chi connectivity index (χ0v) is 19.1. The van der Waals surface area contributed by atoms with Gasteiger partial charge in [0.2, 0.25) is 5.91 Å². The summed E-state index contributed by atoms with van der Waals surface area (Å²) in [4.78, 5) is 18.7. The van der Waals surface area contributed by atoms with Crippen molar-refractivity contribution in [2.75, 3.05) is 80.7 Å². The number of alkyl halides is 3. The molecule has 0 spiro atoms. The molecule has 184 valence electrons. The number of hydrogen-bond donors (Lipinski definition) is 1. The fourth-order valence-corrected chi connectivity index (χ4v) is 6.40. The topological polar surface area (TPSA) is 82.2 Å². The Morgan fingerprint density at radius 2 is 1.79 bits per heavy atom. The third-order valence-electron chi connectivity index (χ3n) is 6.45. The molecule has 1 N–H and O–H groups in total. The SMILES string of the molecule is O=C(CN1CCN(C2CCS(=O)(=O)C2)CC1)Nc1cc(C(F)(F)F)ccc1N1CCOCC1. The number of nitrogens with zero attached hydrogens (tertiary/aromatic N) is 3. The molecule has 0 aliphatic carbocycles. The molecule has 1 atom stereocenters. The summed E-state index contributed by atoms with van der Waals surface area (Å²) in [5.74, 6) is 0.0385. The van der Waals surface area contributed by atoms with Gasteiger partial charge in [0, 0.05) is 45.3 Å². The summed E-state index contributed by atoms with van der Waals surface area (Å²) in [5, 5.41) is 2.69. The van der Waals surface area contributed by atoms with Crippen LogP contribution in [0.5, 0.6) is 0 Å². The Kier molecular flexibility index (Phi) is 7.18. The van der Waals surface area contributed by atoms with E-state index in [2.05, 4.69) is 10.2 Å². The standard InChI is InChI=1S/C21H29F3N4O4S/c22-21(23,24)16-1-2-19(28-8-10-32-11-9-28)18(13-16)25-20(29)14-26-4-6-27(7-5-26)17-3-12-33(30,31)15-17/h1-2,13,17H,3-12,14-15H2,(H,25,29). The van der Waals surface area contributed by atoms with E-state index in [1.165, 1.54) is 6.07 Å². The van der Waals surface area contributed by atoms with Crippen molar-refractivity contribution in [1.82, 2.24) is 9.80 Å². The number of sulfone groups is 1. The molecule has 3 saturated heterocycles. The molecule has 3 fully saturated rings. The van der Waals surface area contributed by atoms with Crippen LogP contribution in [-0.4, -0.2) is 101 Å². The third-order valence-corrected chi connectivity index (χ3v) is 8.20. The maximum atomic E-state index is 13.3. The largest absolute Gasteiger partial charge is 0.416 e. The predicted octanol–water partition coefficient (Wildman–Crippen LogP) is 1.29.